The molecule has 4 nitrogen and oxygen atoms in total. The number of nitrogens with zero attached hydrogens (tertiary/aromatic N) is 2. The Labute approximate surface area is 121 Å². The van der Waals surface area contributed by atoms with Crippen LogP contribution in [0.3, 0.4) is 0 Å². The molecule has 2 aliphatic rings. The number of nitrogens with one attached hydrogen (secondary N) is 1. The second-order valence-electron chi connectivity index (χ2n) is 6.45. The molecule has 1 aromatic heterocycles. The van der Waals surface area contributed by atoms with Gasteiger partial charge in [-0.25, -0.2) is 0 Å². The fourth-order valence-corrected chi connectivity index (χ4v) is 3.75. The van der Waals surface area contributed by atoms with E-state index in [0.29, 0.717) is 5.41 Å². The number of anilines is 1. The summed E-state index contributed by atoms with van der Waals surface area (Å²) in [6.45, 7) is 6.10. The number of hydrogen-bond donors (Lipinski definition) is 1. The fourth-order valence-electron chi connectivity index (χ4n) is 3.75. The van der Waals surface area contributed by atoms with Gasteiger partial charge in [-0.1, -0.05) is 26.2 Å². The lowest BCUT2D eigenvalue weighted by Gasteiger charge is -2.43. The minimum absolute atomic E-state index is 0.647. The van der Waals surface area contributed by atoms with E-state index in [0.717, 1.165) is 37.9 Å². The number of oxazole rings is 1. The molecule has 1 spiro atoms. The molecule has 1 saturated heterocycles. The number of piperidine rings is 1. The topological polar surface area (TPSA) is 41.3 Å². The predicted octanol–water partition coefficient (Wildman–Crippen LogP) is 3.33. The third kappa shape index (κ3) is 3.00. The molecule has 4 heteroatoms. The van der Waals surface area contributed by atoms with Crippen LogP contribution in [-0.4, -0.2) is 24.6 Å². The van der Waals surface area contributed by atoms with Gasteiger partial charge in [0.2, 0.25) is 0 Å². The largest absolute Gasteiger partial charge is 0.432 e. The molecule has 1 aromatic rings. The van der Waals surface area contributed by atoms with E-state index >= 15 is 0 Å². The Morgan fingerprint density at radius 1 is 1.20 bits per heavy atom. The van der Waals surface area contributed by atoms with E-state index in [4.69, 9.17) is 4.42 Å². The van der Waals surface area contributed by atoms with Gasteiger partial charge in [-0.3, -0.25) is 0 Å². The molecule has 0 bridgehead atoms. The highest BCUT2D eigenvalue weighted by Gasteiger charge is 2.36. The molecule has 1 saturated carbocycles. The zero-order chi connectivity index (χ0) is 13.8. The van der Waals surface area contributed by atoms with Crippen molar-refractivity contribution in [1.82, 2.24) is 10.3 Å². The maximum absolute atomic E-state index is 5.65. The monoisotopic (exact) mass is 277 g/mol. The highest BCUT2D eigenvalue weighted by molar-refractivity contribution is 5.28. The first-order valence-electron chi connectivity index (χ1n) is 8.21. The summed E-state index contributed by atoms with van der Waals surface area (Å²) in [6.07, 6.45) is 11.6. The third-order valence-corrected chi connectivity index (χ3v) is 5.10. The van der Waals surface area contributed by atoms with Gasteiger partial charge in [0.15, 0.2) is 0 Å². The van der Waals surface area contributed by atoms with Crippen molar-refractivity contribution in [3.05, 3.63) is 12.0 Å². The molecule has 0 amide bonds. The van der Waals surface area contributed by atoms with Gasteiger partial charge in [0.25, 0.3) is 6.01 Å². The van der Waals surface area contributed by atoms with Gasteiger partial charge < -0.3 is 14.6 Å². The molecule has 2 fully saturated rings. The summed E-state index contributed by atoms with van der Waals surface area (Å²) in [5.41, 5.74) is 1.66. The summed E-state index contributed by atoms with van der Waals surface area (Å²) < 4.78 is 5.65. The lowest BCUT2D eigenvalue weighted by atomic mass is 9.68. The molecule has 0 aromatic carbocycles. The maximum atomic E-state index is 5.65. The van der Waals surface area contributed by atoms with Crippen LogP contribution in [0.4, 0.5) is 6.01 Å². The number of aromatic nitrogens is 1. The zero-order valence-corrected chi connectivity index (χ0v) is 12.7. The second-order valence-corrected chi connectivity index (χ2v) is 6.45. The normalized spacial score (nSPS) is 22.4. The Balaban J connectivity index is 1.56. The van der Waals surface area contributed by atoms with E-state index in [1.165, 1.54) is 44.9 Å². The Bertz CT molecular complexity index is 413. The summed E-state index contributed by atoms with van der Waals surface area (Å²) >= 11 is 0. The first kappa shape index (κ1) is 13.9. The molecule has 2 heterocycles. The molecule has 1 aliphatic carbocycles. The van der Waals surface area contributed by atoms with Crippen molar-refractivity contribution in [1.29, 1.82) is 0 Å². The molecule has 112 valence electrons. The van der Waals surface area contributed by atoms with Crippen molar-refractivity contribution in [2.45, 2.75) is 58.4 Å². The average Bonchev–Trinajstić information content (AvgIpc) is 2.96. The standard InChI is InChI=1S/C16H27N3O/c1-2-17-12-14-13-20-15(18-14)19-10-8-16(9-11-19)6-4-3-5-7-16/h13,17H,2-12H2,1H3. The molecule has 0 atom stereocenters. The smallest absolute Gasteiger partial charge is 0.297 e. The van der Waals surface area contributed by atoms with E-state index in [9.17, 15) is 0 Å². The van der Waals surface area contributed by atoms with Crippen molar-refractivity contribution in [2.24, 2.45) is 5.41 Å². The summed E-state index contributed by atoms with van der Waals surface area (Å²) in [5.74, 6) is 0. The lowest BCUT2D eigenvalue weighted by molar-refractivity contribution is 0.142. The van der Waals surface area contributed by atoms with Crippen LogP contribution in [0.5, 0.6) is 0 Å². The van der Waals surface area contributed by atoms with Gasteiger partial charge in [-0.15, -0.1) is 0 Å². The predicted molar refractivity (Wildman–Crippen MR) is 80.8 cm³/mol. The summed E-state index contributed by atoms with van der Waals surface area (Å²) in [6, 6.07) is 0.823. The number of rotatable bonds is 4. The Morgan fingerprint density at radius 2 is 1.95 bits per heavy atom. The summed E-state index contributed by atoms with van der Waals surface area (Å²) in [5, 5.41) is 3.29. The molecule has 1 N–H and O–H groups in total. The van der Waals surface area contributed by atoms with Crippen LogP contribution in [0.1, 0.15) is 57.6 Å². The van der Waals surface area contributed by atoms with Gasteiger partial charge >= 0.3 is 0 Å². The van der Waals surface area contributed by atoms with Crippen molar-refractivity contribution in [3.8, 4) is 0 Å². The quantitative estimate of drug-likeness (QED) is 0.916. The first-order chi connectivity index (χ1) is 9.81. The zero-order valence-electron chi connectivity index (χ0n) is 12.7. The second kappa shape index (κ2) is 6.17. The van der Waals surface area contributed by atoms with E-state index in [1.54, 1.807) is 6.26 Å². The van der Waals surface area contributed by atoms with Gasteiger partial charge in [0, 0.05) is 19.6 Å². The van der Waals surface area contributed by atoms with Crippen LogP contribution in [-0.2, 0) is 6.54 Å². The van der Waals surface area contributed by atoms with Crippen molar-refractivity contribution in [2.75, 3.05) is 24.5 Å². The molecule has 3 rings (SSSR count). The minimum atomic E-state index is 0.647. The van der Waals surface area contributed by atoms with Crippen LogP contribution in [0, 0.1) is 5.41 Å². The fraction of sp³-hybridized carbons (Fsp3) is 0.812. The van der Waals surface area contributed by atoms with Gasteiger partial charge in [0.1, 0.15) is 6.26 Å². The van der Waals surface area contributed by atoms with Gasteiger partial charge in [-0.2, -0.15) is 4.98 Å². The summed E-state index contributed by atoms with van der Waals surface area (Å²) in [7, 11) is 0. The maximum Gasteiger partial charge on any atom is 0.297 e. The van der Waals surface area contributed by atoms with Crippen LogP contribution >= 0.6 is 0 Å². The van der Waals surface area contributed by atoms with E-state index in [2.05, 4.69) is 22.1 Å². The highest BCUT2D eigenvalue weighted by Crippen LogP contribution is 2.44. The average molecular weight is 277 g/mol. The Hall–Kier alpha value is -1.03. The Kier molecular flexibility index (Phi) is 4.29. The molecular weight excluding hydrogens is 250 g/mol. The molecule has 0 unspecified atom stereocenters. The SMILES string of the molecule is CCNCc1coc(N2CCC3(CCCCC3)CC2)n1. The van der Waals surface area contributed by atoms with E-state index < -0.39 is 0 Å². The molecule has 1 aliphatic heterocycles. The van der Waals surface area contributed by atoms with Crippen molar-refractivity contribution in [3.63, 3.8) is 0 Å². The van der Waals surface area contributed by atoms with E-state index in [-0.39, 0.29) is 0 Å². The van der Waals surface area contributed by atoms with Crippen LogP contribution < -0.4 is 10.2 Å². The molecule has 20 heavy (non-hydrogen) atoms. The van der Waals surface area contributed by atoms with E-state index in [1.807, 2.05) is 0 Å². The van der Waals surface area contributed by atoms with Crippen molar-refractivity contribution < 1.29 is 4.42 Å². The minimum Gasteiger partial charge on any atom is -0.432 e. The van der Waals surface area contributed by atoms with Crippen LogP contribution in [0.2, 0.25) is 0 Å². The van der Waals surface area contributed by atoms with Crippen molar-refractivity contribution >= 4 is 6.01 Å². The van der Waals surface area contributed by atoms with Gasteiger partial charge in [0.05, 0.1) is 5.69 Å². The first-order valence-corrected chi connectivity index (χ1v) is 8.21. The summed E-state index contributed by atoms with van der Waals surface area (Å²) in [4.78, 5) is 6.93. The van der Waals surface area contributed by atoms with Crippen LogP contribution in [0.15, 0.2) is 10.7 Å². The number of hydrogen-bond acceptors (Lipinski definition) is 4. The highest BCUT2D eigenvalue weighted by atomic mass is 16.4. The third-order valence-electron chi connectivity index (χ3n) is 5.10. The van der Waals surface area contributed by atoms with Crippen LogP contribution in [0.25, 0.3) is 0 Å². The molecule has 0 radical (unpaired) electrons. The van der Waals surface area contributed by atoms with Gasteiger partial charge in [-0.05, 0) is 37.6 Å². The molecular formula is C16H27N3O. The lowest BCUT2D eigenvalue weighted by Crippen LogP contribution is -2.41. The Morgan fingerprint density at radius 3 is 2.65 bits per heavy atom.